The molecule has 0 N–H and O–H groups in total. The van der Waals surface area contributed by atoms with Gasteiger partial charge in [0.1, 0.15) is 17.3 Å². The first kappa shape index (κ1) is 24.3. The summed E-state index contributed by atoms with van der Waals surface area (Å²) < 4.78 is 27.4. The van der Waals surface area contributed by atoms with Crippen LogP contribution >= 0.6 is 0 Å². The lowest BCUT2D eigenvalue weighted by atomic mass is 9.99. The second-order valence-corrected chi connectivity index (χ2v) is 8.07. The van der Waals surface area contributed by atoms with Crippen molar-refractivity contribution in [2.45, 2.75) is 25.9 Å². The fourth-order valence-electron chi connectivity index (χ4n) is 4.01. The Kier molecular flexibility index (Phi) is 7.67. The fourth-order valence-corrected chi connectivity index (χ4v) is 4.01. The highest BCUT2D eigenvalue weighted by molar-refractivity contribution is 5.91. The lowest BCUT2D eigenvalue weighted by molar-refractivity contribution is -0.152. The minimum absolute atomic E-state index is 0.395. The molecule has 4 aromatic rings. The van der Waals surface area contributed by atoms with Crippen molar-refractivity contribution >= 4 is 16.7 Å². The summed E-state index contributed by atoms with van der Waals surface area (Å²) in [4.78, 5) is 16.6. The van der Waals surface area contributed by atoms with Crippen LogP contribution in [-0.4, -0.2) is 45.0 Å². The predicted octanol–water partition coefficient (Wildman–Crippen LogP) is 5.16. The van der Waals surface area contributed by atoms with Crippen LogP contribution in [0, 0.1) is 6.92 Å². The summed E-state index contributed by atoms with van der Waals surface area (Å²) in [6, 6.07) is 19.5. The number of benzene rings is 3. The molecule has 7 nitrogen and oxygen atoms in total. The van der Waals surface area contributed by atoms with Crippen molar-refractivity contribution in [3.8, 4) is 23.0 Å². The number of hydrogen-bond donors (Lipinski definition) is 0. The van der Waals surface area contributed by atoms with Crippen LogP contribution < -0.4 is 9.47 Å². The maximum absolute atomic E-state index is 12.0. The molecule has 4 rings (SSSR count). The summed E-state index contributed by atoms with van der Waals surface area (Å²) >= 11 is 0. The SMILES string of the molecule is COC(=O)C(Cc1ccc(OCCc2nc(-c3ccc(OC)cc3)oc2C)c2ccccc12)OC. The van der Waals surface area contributed by atoms with Crippen LogP contribution in [0.25, 0.3) is 22.2 Å². The Morgan fingerprint density at radius 1 is 0.971 bits per heavy atom. The molecule has 7 heteroatoms. The van der Waals surface area contributed by atoms with Crippen molar-refractivity contribution in [2.24, 2.45) is 0 Å². The zero-order chi connectivity index (χ0) is 24.8. The van der Waals surface area contributed by atoms with Crippen molar-refractivity contribution in [2.75, 3.05) is 27.9 Å². The van der Waals surface area contributed by atoms with Crippen molar-refractivity contribution in [1.82, 2.24) is 4.98 Å². The van der Waals surface area contributed by atoms with Crippen molar-refractivity contribution in [3.05, 3.63) is 77.7 Å². The molecule has 1 aromatic heterocycles. The number of esters is 1. The Morgan fingerprint density at radius 2 is 1.71 bits per heavy atom. The zero-order valence-electron chi connectivity index (χ0n) is 20.4. The van der Waals surface area contributed by atoms with E-state index < -0.39 is 12.1 Å². The fraction of sp³-hybridized carbons (Fsp3) is 0.286. The van der Waals surface area contributed by atoms with E-state index in [1.54, 1.807) is 7.11 Å². The molecule has 0 fully saturated rings. The average molecular weight is 476 g/mol. The van der Waals surface area contributed by atoms with Gasteiger partial charge in [0.25, 0.3) is 0 Å². The summed E-state index contributed by atoms with van der Waals surface area (Å²) in [6.45, 7) is 2.36. The molecule has 35 heavy (non-hydrogen) atoms. The number of hydrogen-bond acceptors (Lipinski definition) is 7. The number of aromatic nitrogens is 1. The number of carbonyl (C=O) groups excluding carboxylic acids is 1. The van der Waals surface area contributed by atoms with Gasteiger partial charge in [0.2, 0.25) is 5.89 Å². The van der Waals surface area contributed by atoms with Gasteiger partial charge in [-0.25, -0.2) is 9.78 Å². The molecule has 0 aliphatic heterocycles. The number of carbonyl (C=O) groups is 1. The Balaban J connectivity index is 1.47. The van der Waals surface area contributed by atoms with Crippen molar-refractivity contribution in [1.29, 1.82) is 0 Å². The second kappa shape index (κ2) is 11.1. The molecule has 0 aliphatic rings. The van der Waals surface area contributed by atoms with Gasteiger partial charge in [0, 0.05) is 30.9 Å². The van der Waals surface area contributed by atoms with E-state index >= 15 is 0 Å². The molecule has 1 unspecified atom stereocenters. The molecule has 0 saturated heterocycles. The van der Waals surface area contributed by atoms with Crippen LogP contribution in [0.5, 0.6) is 11.5 Å². The van der Waals surface area contributed by atoms with E-state index in [2.05, 4.69) is 4.98 Å². The molecule has 1 heterocycles. The van der Waals surface area contributed by atoms with E-state index in [0.717, 1.165) is 44.9 Å². The predicted molar refractivity (Wildman–Crippen MR) is 133 cm³/mol. The molecular weight excluding hydrogens is 446 g/mol. The summed E-state index contributed by atoms with van der Waals surface area (Å²) in [6.07, 6.45) is 0.358. The quantitative estimate of drug-likeness (QED) is 0.293. The van der Waals surface area contributed by atoms with Crippen LogP contribution in [0.2, 0.25) is 0 Å². The van der Waals surface area contributed by atoms with E-state index in [1.165, 1.54) is 14.2 Å². The highest BCUT2D eigenvalue weighted by Gasteiger charge is 2.20. The Hall–Kier alpha value is -3.84. The minimum atomic E-state index is -0.662. The van der Waals surface area contributed by atoms with Gasteiger partial charge in [0.05, 0.1) is 26.5 Å². The molecule has 0 saturated carbocycles. The zero-order valence-corrected chi connectivity index (χ0v) is 20.4. The number of rotatable bonds is 10. The molecule has 1 atom stereocenters. The van der Waals surface area contributed by atoms with Crippen LogP contribution in [0.15, 0.2) is 65.1 Å². The second-order valence-electron chi connectivity index (χ2n) is 8.07. The molecule has 182 valence electrons. The van der Waals surface area contributed by atoms with Gasteiger partial charge in [-0.1, -0.05) is 30.3 Å². The van der Waals surface area contributed by atoms with Crippen molar-refractivity contribution < 1.29 is 28.2 Å². The summed E-state index contributed by atoms with van der Waals surface area (Å²) in [5.74, 6) is 2.51. The minimum Gasteiger partial charge on any atom is -0.497 e. The molecule has 0 aliphatic carbocycles. The van der Waals surface area contributed by atoms with Gasteiger partial charge in [-0.15, -0.1) is 0 Å². The number of aryl methyl sites for hydroxylation is 1. The van der Waals surface area contributed by atoms with Crippen LogP contribution in [0.3, 0.4) is 0 Å². The van der Waals surface area contributed by atoms with Gasteiger partial charge < -0.3 is 23.4 Å². The topological polar surface area (TPSA) is 80.0 Å². The van der Waals surface area contributed by atoms with Gasteiger partial charge in [-0.3, -0.25) is 0 Å². The van der Waals surface area contributed by atoms with E-state index in [-0.39, 0.29) is 0 Å². The smallest absolute Gasteiger partial charge is 0.335 e. The maximum Gasteiger partial charge on any atom is 0.335 e. The highest BCUT2D eigenvalue weighted by Crippen LogP contribution is 2.30. The van der Waals surface area contributed by atoms with Gasteiger partial charge >= 0.3 is 5.97 Å². The Labute approximate surface area is 204 Å². The summed E-state index contributed by atoms with van der Waals surface area (Å²) in [7, 11) is 4.50. The third kappa shape index (κ3) is 5.46. The van der Waals surface area contributed by atoms with Gasteiger partial charge in [-0.05, 0) is 48.2 Å². The van der Waals surface area contributed by atoms with E-state index in [9.17, 15) is 4.79 Å². The molecular formula is C28H29NO6. The van der Waals surface area contributed by atoms with E-state index in [1.807, 2.05) is 67.6 Å². The van der Waals surface area contributed by atoms with E-state index in [4.69, 9.17) is 23.4 Å². The van der Waals surface area contributed by atoms with Crippen LogP contribution in [0.4, 0.5) is 0 Å². The first-order valence-electron chi connectivity index (χ1n) is 11.4. The largest absolute Gasteiger partial charge is 0.497 e. The third-order valence-electron chi connectivity index (χ3n) is 5.95. The normalized spacial score (nSPS) is 11.9. The number of fused-ring (bicyclic) bond motifs is 1. The summed E-state index contributed by atoms with van der Waals surface area (Å²) in [5.41, 5.74) is 2.74. The Morgan fingerprint density at radius 3 is 2.40 bits per heavy atom. The first-order chi connectivity index (χ1) is 17.0. The maximum atomic E-state index is 12.0. The summed E-state index contributed by atoms with van der Waals surface area (Å²) in [5, 5.41) is 1.98. The average Bonchev–Trinajstić information content (AvgIpc) is 3.27. The highest BCUT2D eigenvalue weighted by atomic mass is 16.6. The molecule has 0 radical (unpaired) electrons. The monoisotopic (exact) mass is 475 g/mol. The lowest BCUT2D eigenvalue weighted by Crippen LogP contribution is -2.26. The molecule has 3 aromatic carbocycles. The molecule has 0 spiro atoms. The molecule has 0 amide bonds. The van der Waals surface area contributed by atoms with E-state index in [0.29, 0.717) is 25.3 Å². The number of methoxy groups -OCH3 is 3. The first-order valence-corrected chi connectivity index (χ1v) is 11.4. The third-order valence-corrected chi connectivity index (χ3v) is 5.95. The number of nitrogens with zero attached hydrogens (tertiary/aromatic N) is 1. The van der Waals surface area contributed by atoms with Gasteiger partial charge in [0.15, 0.2) is 6.10 Å². The van der Waals surface area contributed by atoms with Gasteiger partial charge in [-0.2, -0.15) is 0 Å². The molecule has 0 bridgehead atoms. The van der Waals surface area contributed by atoms with Crippen LogP contribution in [0.1, 0.15) is 17.0 Å². The van der Waals surface area contributed by atoms with Crippen molar-refractivity contribution in [3.63, 3.8) is 0 Å². The standard InChI is InChI=1S/C28H29NO6/c1-18-24(29-27(35-18)19-9-12-21(31-2)13-10-19)15-16-34-25-14-11-20(17-26(32-3)28(30)33-4)22-7-5-6-8-23(22)25/h5-14,26H,15-17H2,1-4H3. The number of ether oxygens (including phenoxy) is 4. The van der Waals surface area contributed by atoms with Crippen LogP contribution in [-0.2, 0) is 27.1 Å². The Bertz CT molecular complexity index is 1290. The number of oxazole rings is 1. The lowest BCUT2D eigenvalue weighted by Gasteiger charge is -2.16.